The van der Waals surface area contributed by atoms with E-state index >= 15 is 0 Å². The van der Waals surface area contributed by atoms with Crippen LogP contribution in [0.5, 0.6) is 0 Å². The lowest BCUT2D eigenvalue weighted by Crippen LogP contribution is -2.30. The van der Waals surface area contributed by atoms with Gasteiger partial charge in [-0.25, -0.2) is 0 Å². The lowest BCUT2D eigenvalue weighted by molar-refractivity contribution is -0.140. The molecule has 0 radical (unpaired) electrons. The van der Waals surface area contributed by atoms with Gasteiger partial charge >= 0.3 is 17.9 Å². The molecule has 8 heteroatoms. The van der Waals surface area contributed by atoms with Gasteiger partial charge in [-0.15, -0.1) is 0 Å². The fraction of sp³-hybridized carbons (Fsp3) is 0.571. The van der Waals surface area contributed by atoms with Crippen LogP contribution in [0.1, 0.15) is 12.8 Å². The number of carboxylic acids is 3. The molecule has 0 aliphatic rings. The Morgan fingerprint density at radius 1 is 1.07 bits per heavy atom. The molecule has 0 aliphatic heterocycles. The van der Waals surface area contributed by atoms with Crippen molar-refractivity contribution in [2.24, 2.45) is 11.5 Å². The van der Waals surface area contributed by atoms with Gasteiger partial charge in [-0.3, -0.25) is 14.4 Å². The van der Waals surface area contributed by atoms with Gasteiger partial charge in [0.25, 0.3) is 0 Å². The maximum atomic E-state index is 9.99. The quantitative estimate of drug-likeness (QED) is 0.367. The highest BCUT2D eigenvalue weighted by atomic mass is 16.4. The minimum Gasteiger partial charge on any atom is -0.481 e. The van der Waals surface area contributed by atoms with Crippen molar-refractivity contribution < 1.29 is 29.7 Å². The number of rotatable bonds is 5. The van der Waals surface area contributed by atoms with Gasteiger partial charge in [0.2, 0.25) is 0 Å². The lowest BCUT2D eigenvalue weighted by Gasteiger charge is -2.01. The second-order valence-corrected chi connectivity index (χ2v) is 2.48. The van der Waals surface area contributed by atoms with Crippen molar-refractivity contribution >= 4 is 17.9 Å². The monoisotopic (exact) mass is 222 g/mol. The van der Waals surface area contributed by atoms with Crippen molar-refractivity contribution in [1.82, 2.24) is 0 Å². The Kier molecular flexibility index (Phi) is 9.37. The molecule has 0 saturated heterocycles. The van der Waals surface area contributed by atoms with Crippen LogP contribution >= 0.6 is 0 Å². The van der Waals surface area contributed by atoms with Crippen LogP contribution in [0, 0.1) is 0 Å². The summed E-state index contributed by atoms with van der Waals surface area (Å²) in [6.07, 6.45) is -0.224. The van der Waals surface area contributed by atoms with Crippen molar-refractivity contribution in [2.75, 3.05) is 6.54 Å². The molecule has 88 valence electrons. The molecule has 0 unspecified atom stereocenters. The Bertz CT molecular complexity index is 230. The van der Waals surface area contributed by atoms with Crippen LogP contribution in [0.2, 0.25) is 0 Å². The van der Waals surface area contributed by atoms with E-state index in [0.29, 0.717) is 0 Å². The minimum atomic E-state index is -1.17. The summed E-state index contributed by atoms with van der Waals surface area (Å²) in [5.41, 5.74) is 9.57. The van der Waals surface area contributed by atoms with Crippen molar-refractivity contribution in [3.05, 3.63) is 0 Å². The molecule has 0 saturated carbocycles. The van der Waals surface area contributed by atoms with Crippen LogP contribution in [0.15, 0.2) is 0 Å². The summed E-state index contributed by atoms with van der Waals surface area (Å²) in [5.74, 6) is -3.16. The van der Waals surface area contributed by atoms with E-state index < -0.39 is 23.9 Å². The average Bonchev–Trinajstić information content (AvgIpc) is 2.14. The molecule has 0 aromatic rings. The molecule has 15 heavy (non-hydrogen) atoms. The third kappa shape index (κ3) is 15.1. The van der Waals surface area contributed by atoms with Gasteiger partial charge in [0.15, 0.2) is 0 Å². The maximum absolute atomic E-state index is 9.99. The summed E-state index contributed by atoms with van der Waals surface area (Å²) in [4.78, 5) is 29.1. The smallest absolute Gasteiger partial charge is 0.320 e. The van der Waals surface area contributed by atoms with E-state index in [1.807, 2.05) is 0 Å². The zero-order chi connectivity index (χ0) is 12.4. The summed E-state index contributed by atoms with van der Waals surface area (Å²) >= 11 is 0. The van der Waals surface area contributed by atoms with Crippen LogP contribution in [-0.2, 0) is 14.4 Å². The topological polar surface area (TPSA) is 164 Å². The van der Waals surface area contributed by atoms with Crippen LogP contribution in [0.25, 0.3) is 0 Å². The van der Waals surface area contributed by atoms with Crippen LogP contribution in [0.3, 0.4) is 0 Å². The van der Waals surface area contributed by atoms with Crippen LogP contribution < -0.4 is 11.5 Å². The van der Waals surface area contributed by atoms with Crippen LogP contribution in [-0.4, -0.2) is 45.8 Å². The summed E-state index contributed by atoms with van der Waals surface area (Å²) in [7, 11) is 0. The van der Waals surface area contributed by atoms with E-state index in [-0.39, 0.29) is 19.4 Å². The highest BCUT2D eigenvalue weighted by molar-refractivity contribution is 5.74. The largest absolute Gasteiger partial charge is 0.481 e. The van der Waals surface area contributed by atoms with Crippen molar-refractivity contribution in [3.8, 4) is 0 Å². The first-order valence-corrected chi connectivity index (χ1v) is 3.93. The molecule has 0 heterocycles. The average molecular weight is 222 g/mol. The SMILES string of the molecule is NCC(=O)O.N[C@H](CCC(=O)O)C(=O)O. The summed E-state index contributed by atoms with van der Waals surface area (Å²) in [5, 5.41) is 23.9. The molecule has 0 aromatic heterocycles. The molecule has 0 amide bonds. The normalized spacial score (nSPS) is 10.8. The predicted molar refractivity (Wildman–Crippen MR) is 49.2 cm³/mol. The van der Waals surface area contributed by atoms with Crippen molar-refractivity contribution in [3.63, 3.8) is 0 Å². The molecule has 8 nitrogen and oxygen atoms in total. The van der Waals surface area contributed by atoms with Gasteiger partial charge < -0.3 is 26.8 Å². The Labute approximate surface area is 85.5 Å². The Morgan fingerprint density at radius 2 is 1.47 bits per heavy atom. The highest BCUT2D eigenvalue weighted by Gasteiger charge is 2.12. The highest BCUT2D eigenvalue weighted by Crippen LogP contribution is 1.93. The molecular weight excluding hydrogens is 208 g/mol. The van der Waals surface area contributed by atoms with Gasteiger partial charge in [0, 0.05) is 6.42 Å². The first-order valence-electron chi connectivity index (χ1n) is 3.93. The molecule has 0 fully saturated rings. The first-order chi connectivity index (χ1) is 6.81. The van der Waals surface area contributed by atoms with E-state index in [9.17, 15) is 14.4 Å². The number of aliphatic carboxylic acids is 3. The van der Waals surface area contributed by atoms with E-state index in [4.69, 9.17) is 21.1 Å². The first kappa shape index (κ1) is 15.8. The molecule has 0 rings (SSSR count). The summed E-state index contributed by atoms with van der Waals surface area (Å²) in [6, 6.07) is -1.06. The number of carbonyl (C=O) groups is 3. The van der Waals surface area contributed by atoms with Crippen molar-refractivity contribution in [2.45, 2.75) is 18.9 Å². The zero-order valence-electron chi connectivity index (χ0n) is 7.92. The van der Waals surface area contributed by atoms with Crippen molar-refractivity contribution in [1.29, 1.82) is 0 Å². The predicted octanol–water partition coefficient (Wildman–Crippen LogP) is -1.71. The number of nitrogens with two attached hydrogens (primary N) is 2. The second kappa shape index (κ2) is 8.91. The molecule has 0 bridgehead atoms. The Morgan fingerprint density at radius 3 is 1.67 bits per heavy atom. The van der Waals surface area contributed by atoms with Crippen LogP contribution in [0.4, 0.5) is 0 Å². The van der Waals surface area contributed by atoms with E-state index in [1.165, 1.54) is 0 Å². The lowest BCUT2D eigenvalue weighted by atomic mass is 10.2. The fourth-order valence-electron chi connectivity index (χ4n) is 0.402. The van der Waals surface area contributed by atoms with E-state index in [0.717, 1.165) is 0 Å². The number of carboxylic acid groups (broad SMARTS) is 3. The third-order valence-electron chi connectivity index (χ3n) is 1.16. The molecule has 0 aromatic carbocycles. The standard InChI is InChI=1S/C5H9NO4.C2H5NO2/c6-3(5(9)10)1-2-4(7)8;3-1-2(4)5/h3H,1-2,6H2,(H,7,8)(H,9,10);1,3H2,(H,4,5)/t3-;/m1./s1. The maximum Gasteiger partial charge on any atom is 0.320 e. The minimum absolute atomic E-state index is 0.0231. The third-order valence-corrected chi connectivity index (χ3v) is 1.16. The summed E-state index contributed by atoms with van der Waals surface area (Å²) in [6.45, 7) is -0.278. The van der Waals surface area contributed by atoms with E-state index in [1.54, 1.807) is 0 Å². The molecule has 0 aliphatic carbocycles. The van der Waals surface area contributed by atoms with Gasteiger partial charge in [0.1, 0.15) is 6.04 Å². The zero-order valence-corrected chi connectivity index (χ0v) is 7.92. The van der Waals surface area contributed by atoms with Gasteiger partial charge in [-0.1, -0.05) is 0 Å². The molecular formula is C7H14N2O6. The number of hydrogen-bond acceptors (Lipinski definition) is 5. The van der Waals surface area contributed by atoms with E-state index in [2.05, 4.69) is 5.73 Å². The van der Waals surface area contributed by atoms with Gasteiger partial charge in [0.05, 0.1) is 6.54 Å². The van der Waals surface area contributed by atoms with Gasteiger partial charge in [-0.05, 0) is 6.42 Å². The second-order valence-electron chi connectivity index (χ2n) is 2.48. The summed E-state index contributed by atoms with van der Waals surface area (Å²) < 4.78 is 0. The Balaban J connectivity index is 0. The van der Waals surface area contributed by atoms with Gasteiger partial charge in [-0.2, -0.15) is 0 Å². The molecule has 0 spiro atoms. The molecule has 1 atom stereocenters. The Hall–Kier alpha value is -1.67. The fourth-order valence-corrected chi connectivity index (χ4v) is 0.402. The number of hydrogen-bond donors (Lipinski definition) is 5. The molecule has 7 N–H and O–H groups in total.